The summed E-state index contributed by atoms with van der Waals surface area (Å²) in [5.74, 6) is 0. The van der Waals surface area contributed by atoms with Crippen LogP contribution in [0.25, 0.3) is 27.7 Å². The van der Waals surface area contributed by atoms with Crippen LogP contribution in [-0.2, 0) is 0 Å². The number of hydrogen-bond acceptors (Lipinski definition) is 3. The van der Waals surface area contributed by atoms with E-state index in [9.17, 15) is 0 Å². The zero-order valence-electron chi connectivity index (χ0n) is 9.95. The van der Waals surface area contributed by atoms with Gasteiger partial charge in [0.05, 0.1) is 11.0 Å². The van der Waals surface area contributed by atoms with E-state index in [0.717, 1.165) is 33.4 Å². The van der Waals surface area contributed by atoms with Crippen molar-refractivity contribution in [3.05, 3.63) is 48.7 Å². The lowest BCUT2D eigenvalue weighted by Crippen LogP contribution is -1.90. The second-order valence-corrected chi connectivity index (χ2v) is 4.30. The first kappa shape index (κ1) is 11.7. The molecule has 0 saturated heterocycles. The molecule has 4 rings (SSSR count). The maximum atomic E-state index is 5.82. The Morgan fingerprint density at radius 2 is 1.89 bits per heavy atom. The lowest BCUT2D eigenvalue weighted by Gasteiger charge is -2.03. The van der Waals surface area contributed by atoms with Crippen LogP contribution in [0.4, 0.5) is 5.69 Å². The number of benzene rings is 1. The monoisotopic (exact) mass is 270 g/mol. The zero-order valence-corrected chi connectivity index (χ0v) is 10.8. The number of nitrogen functional groups attached to an aromatic ring is 1. The number of pyridine rings is 2. The van der Waals surface area contributed by atoms with E-state index in [1.54, 1.807) is 6.20 Å². The lowest BCUT2D eigenvalue weighted by molar-refractivity contribution is 1.30. The molecule has 1 aromatic carbocycles. The maximum absolute atomic E-state index is 5.82. The van der Waals surface area contributed by atoms with E-state index in [0.29, 0.717) is 0 Å². The van der Waals surface area contributed by atoms with Crippen LogP contribution in [0, 0.1) is 0 Å². The molecule has 3 heterocycles. The Labute approximate surface area is 115 Å². The van der Waals surface area contributed by atoms with Gasteiger partial charge in [-0.05, 0) is 42.5 Å². The second-order valence-electron chi connectivity index (χ2n) is 4.30. The summed E-state index contributed by atoms with van der Waals surface area (Å²) >= 11 is 0. The molecule has 0 aliphatic rings. The van der Waals surface area contributed by atoms with Crippen LogP contribution in [0.3, 0.4) is 0 Å². The van der Waals surface area contributed by atoms with E-state index in [1.165, 1.54) is 0 Å². The van der Waals surface area contributed by atoms with Crippen LogP contribution in [-0.4, -0.2) is 14.4 Å². The summed E-state index contributed by atoms with van der Waals surface area (Å²) < 4.78 is 2.11. The highest BCUT2D eigenvalue weighted by atomic mass is 35.5. The highest BCUT2D eigenvalue weighted by Crippen LogP contribution is 2.23. The maximum Gasteiger partial charge on any atom is 0.178 e. The van der Waals surface area contributed by atoms with Crippen molar-refractivity contribution in [2.45, 2.75) is 0 Å². The van der Waals surface area contributed by atoms with Gasteiger partial charge in [0.15, 0.2) is 5.65 Å². The molecule has 4 nitrogen and oxygen atoms in total. The van der Waals surface area contributed by atoms with E-state index in [1.807, 2.05) is 42.5 Å². The van der Waals surface area contributed by atoms with Gasteiger partial charge in [-0.1, -0.05) is 0 Å². The van der Waals surface area contributed by atoms with Gasteiger partial charge >= 0.3 is 0 Å². The topological polar surface area (TPSA) is 56.2 Å². The van der Waals surface area contributed by atoms with Gasteiger partial charge in [-0.2, -0.15) is 0 Å². The predicted molar refractivity (Wildman–Crippen MR) is 79.7 cm³/mol. The first-order valence-electron chi connectivity index (χ1n) is 5.74. The highest BCUT2D eigenvalue weighted by Gasteiger charge is 2.07. The number of imidazole rings is 1. The van der Waals surface area contributed by atoms with Gasteiger partial charge < -0.3 is 5.73 Å². The van der Waals surface area contributed by atoms with Crippen molar-refractivity contribution in [1.82, 2.24) is 14.4 Å². The molecule has 3 aromatic heterocycles. The molecule has 0 atom stereocenters. The minimum Gasteiger partial charge on any atom is -0.399 e. The average molecular weight is 271 g/mol. The summed E-state index contributed by atoms with van der Waals surface area (Å²) in [4.78, 5) is 8.79. The van der Waals surface area contributed by atoms with Crippen LogP contribution in [0.2, 0.25) is 0 Å². The Balaban J connectivity index is 0.00000110. The molecule has 0 saturated carbocycles. The first-order valence-corrected chi connectivity index (χ1v) is 5.74. The van der Waals surface area contributed by atoms with Gasteiger partial charge in [0.1, 0.15) is 5.65 Å². The summed E-state index contributed by atoms with van der Waals surface area (Å²) in [7, 11) is 0. The Hall–Kier alpha value is -2.33. The minimum absolute atomic E-state index is 0. The largest absolute Gasteiger partial charge is 0.399 e. The number of rotatable bonds is 0. The third kappa shape index (κ3) is 1.61. The molecule has 0 amide bonds. The Bertz CT molecular complexity index is 898. The number of aromatic nitrogens is 3. The van der Waals surface area contributed by atoms with Gasteiger partial charge in [0, 0.05) is 17.3 Å². The van der Waals surface area contributed by atoms with E-state index in [2.05, 4.69) is 14.4 Å². The molecule has 0 aliphatic carbocycles. The molecule has 94 valence electrons. The van der Waals surface area contributed by atoms with Gasteiger partial charge in [0.25, 0.3) is 0 Å². The molecular weight excluding hydrogens is 260 g/mol. The van der Waals surface area contributed by atoms with Crippen LogP contribution in [0.1, 0.15) is 0 Å². The highest BCUT2D eigenvalue weighted by molar-refractivity contribution is 5.90. The average Bonchev–Trinajstić information content (AvgIpc) is 2.77. The fourth-order valence-electron chi connectivity index (χ4n) is 2.37. The van der Waals surface area contributed by atoms with E-state index < -0.39 is 0 Å². The molecule has 0 unspecified atom stereocenters. The molecule has 5 heteroatoms. The summed E-state index contributed by atoms with van der Waals surface area (Å²) in [6.45, 7) is 0. The molecule has 2 N–H and O–H groups in total. The smallest absolute Gasteiger partial charge is 0.178 e. The fourth-order valence-corrected chi connectivity index (χ4v) is 2.37. The molecule has 0 spiro atoms. The third-order valence-corrected chi connectivity index (χ3v) is 3.16. The second kappa shape index (κ2) is 4.10. The molecular formula is C14H11ClN4. The summed E-state index contributed by atoms with van der Waals surface area (Å²) in [6, 6.07) is 13.9. The van der Waals surface area contributed by atoms with Gasteiger partial charge in [0.2, 0.25) is 0 Å². The normalized spacial score (nSPS) is 10.9. The predicted octanol–water partition coefficient (Wildman–Crippen LogP) is 3.04. The van der Waals surface area contributed by atoms with Crippen molar-refractivity contribution in [1.29, 1.82) is 0 Å². The number of nitrogens with two attached hydrogens (primary N) is 1. The molecule has 0 fully saturated rings. The first-order chi connectivity index (χ1) is 8.83. The van der Waals surface area contributed by atoms with E-state index in [4.69, 9.17) is 5.73 Å². The van der Waals surface area contributed by atoms with Crippen molar-refractivity contribution in [2.24, 2.45) is 0 Å². The fraction of sp³-hybridized carbons (Fsp3) is 0. The summed E-state index contributed by atoms with van der Waals surface area (Å²) in [5.41, 5.74) is 10.4. The summed E-state index contributed by atoms with van der Waals surface area (Å²) in [6.07, 6.45) is 1.76. The molecule has 0 radical (unpaired) electrons. The molecule has 0 bridgehead atoms. The van der Waals surface area contributed by atoms with Gasteiger partial charge in [-0.25, -0.2) is 9.97 Å². The Morgan fingerprint density at radius 1 is 1.00 bits per heavy atom. The van der Waals surface area contributed by atoms with Crippen LogP contribution < -0.4 is 5.73 Å². The number of halogens is 1. The molecule has 4 aromatic rings. The number of anilines is 1. The number of nitrogens with zero attached hydrogens (tertiary/aromatic N) is 3. The van der Waals surface area contributed by atoms with Crippen molar-refractivity contribution in [3.8, 4) is 0 Å². The van der Waals surface area contributed by atoms with Crippen LogP contribution in [0.5, 0.6) is 0 Å². The third-order valence-electron chi connectivity index (χ3n) is 3.16. The zero-order chi connectivity index (χ0) is 12.1. The van der Waals surface area contributed by atoms with Crippen LogP contribution >= 0.6 is 12.4 Å². The molecule has 0 aliphatic heterocycles. The standard InChI is InChI=1S/C14H10N4.ClH/c15-10-4-5-11-9(8-10)3-6-13-17-14-12(18(11)13)2-1-7-16-14;/h1-8H,15H2;1H. The number of fused-ring (bicyclic) bond motifs is 5. The minimum atomic E-state index is 0. The Kier molecular flexibility index (Phi) is 2.54. The summed E-state index contributed by atoms with van der Waals surface area (Å²) in [5, 5.41) is 1.10. The van der Waals surface area contributed by atoms with Crippen molar-refractivity contribution in [3.63, 3.8) is 0 Å². The van der Waals surface area contributed by atoms with Crippen molar-refractivity contribution < 1.29 is 0 Å². The Morgan fingerprint density at radius 3 is 2.79 bits per heavy atom. The van der Waals surface area contributed by atoms with Gasteiger partial charge in [-0.15, -0.1) is 12.4 Å². The SMILES string of the molecule is Cl.Nc1ccc2c(ccc3nc4ncccc4n32)c1. The van der Waals surface area contributed by atoms with Crippen molar-refractivity contribution >= 4 is 45.8 Å². The van der Waals surface area contributed by atoms with E-state index in [-0.39, 0.29) is 12.4 Å². The van der Waals surface area contributed by atoms with Gasteiger partial charge in [-0.3, -0.25) is 4.40 Å². The lowest BCUT2D eigenvalue weighted by atomic mass is 10.2. The quantitative estimate of drug-likeness (QED) is 0.500. The van der Waals surface area contributed by atoms with Crippen molar-refractivity contribution in [2.75, 3.05) is 5.73 Å². The molecule has 19 heavy (non-hydrogen) atoms. The van der Waals surface area contributed by atoms with Crippen LogP contribution in [0.15, 0.2) is 48.7 Å². The number of hydrogen-bond donors (Lipinski definition) is 1. The van der Waals surface area contributed by atoms with E-state index >= 15 is 0 Å².